The van der Waals surface area contributed by atoms with Crippen molar-refractivity contribution in [3.8, 4) is 11.7 Å². The highest BCUT2D eigenvalue weighted by Gasteiger charge is 2.34. The fraction of sp³-hybridized carbons (Fsp3) is 0.200. The average molecular weight is 478 g/mol. The van der Waals surface area contributed by atoms with Crippen LogP contribution in [-0.2, 0) is 9.84 Å². The number of carbonyl (C=O) groups is 1. The Morgan fingerprint density at radius 3 is 2.26 bits per heavy atom. The van der Waals surface area contributed by atoms with E-state index in [4.69, 9.17) is 8.83 Å². The number of oxazole rings is 1. The van der Waals surface area contributed by atoms with E-state index in [0.29, 0.717) is 37.5 Å². The van der Waals surface area contributed by atoms with Gasteiger partial charge in [-0.2, -0.15) is 4.98 Å². The molecule has 0 spiro atoms. The van der Waals surface area contributed by atoms with Crippen molar-refractivity contribution in [3.63, 3.8) is 0 Å². The molecule has 0 bridgehead atoms. The third-order valence-corrected chi connectivity index (χ3v) is 7.44. The Morgan fingerprint density at radius 2 is 1.62 bits per heavy atom. The summed E-state index contributed by atoms with van der Waals surface area (Å²) < 4.78 is 38.2. The first-order valence-corrected chi connectivity index (χ1v) is 12.4. The van der Waals surface area contributed by atoms with Crippen LogP contribution in [-0.4, -0.2) is 50.4 Å². The molecule has 8 nitrogen and oxygen atoms in total. The van der Waals surface area contributed by atoms with Gasteiger partial charge in [-0.3, -0.25) is 4.79 Å². The lowest BCUT2D eigenvalue weighted by molar-refractivity contribution is 0.0745. The van der Waals surface area contributed by atoms with Gasteiger partial charge in [0.2, 0.25) is 20.7 Å². The fourth-order valence-electron chi connectivity index (χ4n) is 3.88. The van der Waals surface area contributed by atoms with Gasteiger partial charge in [0, 0.05) is 31.7 Å². The molecule has 5 rings (SSSR count). The maximum absolute atomic E-state index is 13.4. The van der Waals surface area contributed by atoms with Gasteiger partial charge in [-0.1, -0.05) is 35.9 Å². The molecule has 1 fully saturated rings. The largest absolute Gasteiger partial charge is 0.459 e. The van der Waals surface area contributed by atoms with Crippen LogP contribution in [0.4, 0.5) is 5.88 Å². The molecule has 3 heterocycles. The van der Waals surface area contributed by atoms with Crippen molar-refractivity contribution in [1.82, 2.24) is 9.88 Å². The minimum absolute atomic E-state index is 0.0503. The zero-order valence-electron chi connectivity index (χ0n) is 18.5. The smallest absolute Gasteiger partial charge is 0.266 e. The second-order valence-electron chi connectivity index (χ2n) is 8.07. The molecule has 0 saturated carbocycles. The average Bonchev–Trinajstić information content (AvgIpc) is 3.55. The van der Waals surface area contributed by atoms with Crippen molar-refractivity contribution in [1.29, 1.82) is 0 Å². The number of hydrogen-bond donors (Lipinski definition) is 0. The van der Waals surface area contributed by atoms with Gasteiger partial charge in [0.25, 0.3) is 11.8 Å². The Kier molecular flexibility index (Phi) is 5.70. The summed E-state index contributed by atoms with van der Waals surface area (Å²) in [6, 6.07) is 18.9. The number of sulfone groups is 1. The summed E-state index contributed by atoms with van der Waals surface area (Å²) in [5.41, 5.74) is 1.72. The monoisotopic (exact) mass is 477 g/mol. The summed E-state index contributed by atoms with van der Waals surface area (Å²) in [7, 11) is -3.93. The number of anilines is 1. The van der Waals surface area contributed by atoms with Crippen molar-refractivity contribution >= 4 is 21.6 Å². The molecule has 0 aliphatic carbocycles. The lowest BCUT2D eigenvalue weighted by Gasteiger charge is -2.34. The molecular weight excluding hydrogens is 454 g/mol. The van der Waals surface area contributed by atoms with Gasteiger partial charge < -0.3 is 18.6 Å². The summed E-state index contributed by atoms with van der Waals surface area (Å²) in [5.74, 6) is 0.528. The first-order valence-electron chi connectivity index (χ1n) is 10.9. The number of nitrogens with zero attached hydrogens (tertiary/aromatic N) is 3. The molecule has 0 N–H and O–H groups in total. The van der Waals surface area contributed by atoms with Crippen LogP contribution in [0.2, 0.25) is 0 Å². The van der Waals surface area contributed by atoms with E-state index in [1.165, 1.54) is 18.4 Å². The van der Waals surface area contributed by atoms with Gasteiger partial charge in [-0.05, 0) is 43.3 Å². The molecule has 1 saturated heterocycles. The van der Waals surface area contributed by atoms with Crippen molar-refractivity contribution in [2.75, 3.05) is 31.1 Å². The highest BCUT2D eigenvalue weighted by Crippen LogP contribution is 2.35. The first-order chi connectivity index (χ1) is 16.4. The van der Waals surface area contributed by atoms with Crippen LogP contribution < -0.4 is 4.90 Å². The van der Waals surface area contributed by atoms with Crippen molar-refractivity contribution < 1.29 is 22.0 Å². The summed E-state index contributed by atoms with van der Waals surface area (Å²) >= 11 is 0. The first kappa shape index (κ1) is 22.0. The molecule has 174 valence electrons. The van der Waals surface area contributed by atoms with E-state index >= 15 is 0 Å². The molecule has 2 aromatic heterocycles. The topological polar surface area (TPSA) is 96.9 Å². The number of benzene rings is 2. The van der Waals surface area contributed by atoms with Crippen molar-refractivity contribution in [2.24, 2.45) is 0 Å². The predicted molar refractivity (Wildman–Crippen MR) is 125 cm³/mol. The second kappa shape index (κ2) is 8.83. The van der Waals surface area contributed by atoms with Crippen LogP contribution in [0.5, 0.6) is 0 Å². The number of hydrogen-bond acceptors (Lipinski definition) is 7. The van der Waals surface area contributed by atoms with E-state index in [0.717, 1.165) is 5.56 Å². The molecular formula is C25H23N3O5S. The highest BCUT2D eigenvalue weighted by atomic mass is 32.2. The maximum atomic E-state index is 13.4. The van der Waals surface area contributed by atoms with Crippen LogP contribution >= 0.6 is 0 Å². The van der Waals surface area contributed by atoms with Gasteiger partial charge in [0.1, 0.15) is 0 Å². The van der Waals surface area contributed by atoms with Crippen molar-refractivity contribution in [3.05, 3.63) is 84.1 Å². The molecule has 2 aromatic carbocycles. The summed E-state index contributed by atoms with van der Waals surface area (Å²) in [4.78, 5) is 20.9. The lowest BCUT2D eigenvalue weighted by atomic mass is 10.1. The third-order valence-electron chi connectivity index (χ3n) is 5.77. The number of amides is 1. The van der Waals surface area contributed by atoms with Crippen LogP contribution in [0.25, 0.3) is 11.7 Å². The predicted octanol–water partition coefficient (Wildman–Crippen LogP) is 4.04. The molecule has 0 unspecified atom stereocenters. The number of piperazine rings is 1. The van der Waals surface area contributed by atoms with E-state index in [-0.39, 0.29) is 27.6 Å². The molecule has 0 radical (unpaired) electrons. The molecule has 1 aliphatic heterocycles. The Labute approximate surface area is 197 Å². The standard InChI is InChI=1S/C25H23N3O5S/c1-18-9-11-19(12-10-18)24(29)27-13-15-28(16-14-27)25-23(26-22(33-25)21-8-5-17-32-21)34(30,31)20-6-3-2-4-7-20/h2-12,17H,13-16H2,1H3. The number of aromatic nitrogens is 1. The van der Waals surface area contributed by atoms with E-state index in [2.05, 4.69) is 4.98 Å². The molecule has 0 atom stereocenters. The van der Waals surface area contributed by atoms with Crippen LogP contribution in [0.3, 0.4) is 0 Å². The molecule has 4 aromatic rings. The summed E-state index contributed by atoms with van der Waals surface area (Å²) in [6.07, 6.45) is 1.47. The quantitative estimate of drug-likeness (QED) is 0.428. The Hall–Kier alpha value is -3.85. The normalized spacial score (nSPS) is 14.4. The van der Waals surface area contributed by atoms with E-state index in [1.807, 2.05) is 36.1 Å². The number of carbonyl (C=O) groups excluding carboxylic acids is 1. The van der Waals surface area contributed by atoms with Gasteiger partial charge in [-0.25, -0.2) is 8.42 Å². The maximum Gasteiger partial charge on any atom is 0.266 e. The summed E-state index contributed by atoms with van der Waals surface area (Å²) in [5, 5.41) is -0.164. The third kappa shape index (κ3) is 4.10. The molecule has 1 amide bonds. The van der Waals surface area contributed by atoms with E-state index in [1.54, 1.807) is 35.2 Å². The fourth-order valence-corrected chi connectivity index (χ4v) is 5.22. The molecule has 34 heavy (non-hydrogen) atoms. The van der Waals surface area contributed by atoms with Crippen LogP contribution in [0.1, 0.15) is 15.9 Å². The van der Waals surface area contributed by atoms with Crippen LogP contribution in [0.15, 0.2) is 91.7 Å². The Bertz CT molecular complexity index is 1390. The number of rotatable bonds is 5. The van der Waals surface area contributed by atoms with Gasteiger partial charge in [0.15, 0.2) is 5.76 Å². The van der Waals surface area contributed by atoms with Gasteiger partial charge in [-0.15, -0.1) is 0 Å². The number of aryl methyl sites for hydroxylation is 1. The Balaban J connectivity index is 1.43. The molecule has 1 aliphatic rings. The lowest BCUT2D eigenvalue weighted by Crippen LogP contribution is -2.49. The minimum atomic E-state index is -3.93. The zero-order valence-corrected chi connectivity index (χ0v) is 19.4. The Morgan fingerprint density at radius 1 is 0.912 bits per heavy atom. The molecule has 9 heteroatoms. The minimum Gasteiger partial charge on any atom is -0.459 e. The SMILES string of the molecule is Cc1ccc(C(=O)N2CCN(c3oc(-c4ccco4)nc3S(=O)(=O)c3ccccc3)CC2)cc1. The van der Waals surface area contributed by atoms with Crippen molar-refractivity contribution in [2.45, 2.75) is 16.8 Å². The number of furan rings is 1. The van der Waals surface area contributed by atoms with Gasteiger partial charge >= 0.3 is 0 Å². The van der Waals surface area contributed by atoms with Crippen LogP contribution in [0, 0.1) is 6.92 Å². The second-order valence-corrected chi connectivity index (χ2v) is 9.93. The summed E-state index contributed by atoms with van der Waals surface area (Å²) in [6.45, 7) is 3.63. The van der Waals surface area contributed by atoms with E-state index < -0.39 is 9.84 Å². The zero-order chi connectivity index (χ0) is 23.7. The highest BCUT2D eigenvalue weighted by molar-refractivity contribution is 7.91. The van der Waals surface area contributed by atoms with E-state index in [9.17, 15) is 13.2 Å². The van der Waals surface area contributed by atoms with Gasteiger partial charge in [0.05, 0.1) is 11.2 Å².